The van der Waals surface area contributed by atoms with Crippen LogP contribution >= 0.6 is 12.0 Å². The Bertz CT molecular complexity index is 2670. The molecular formula is C39H45N2O12S4+. The first-order valence-electron chi connectivity index (χ1n) is 18.1. The molecule has 0 aromatic heterocycles. The van der Waals surface area contributed by atoms with Crippen molar-refractivity contribution >= 4 is 81.0 Å². The number of allylic oxidation sites excluding steroid dienone is 4. The highest BCUT2D eigenvalue weighted by atomic mass is 32.2. The maximum atomic E-state index is 12.0. The van der Waals surface area contributed by atoms with E-state index in [0.717, 1.165) is 62.1 Å². The largest absolute Gasteiger partial charge is 0.344 e. The number of unbranched alkanes of at least 4 members (excludes halogenated alkanes) is 2. The van der Waals surface area contributed by atoms with Gasteiger partial charge in [-0.05, 0) is 103 Å². The molecule has 0 radical (unpaired) electrons. The molecule has 4 N–H and O–H groups in total. The Hall–Kier alpha value is -3.69. The van der Waals surface area contributed by atoms with E-state index in [9.17, 15) is 38.9 Å². The minimum absolute atomic E-state index is 0.219. The van der Waals surface area contributed by atoms with Gasteiger partial charge in [-0.25, -0.2) is 5.26 Å². The molecule has 306 valence electrons. The number of benzene rings is 4. The molecule has 2 heterocycles. The van der Waals surface area contributed by atoms with Crippen LogP contribution in [0.4, 0.5) is 11.4 Å². The maximum Gasteiger partial charge on any atom is 0.294 e. The normalized spacial score (nSPS) is 17.4. The minimum atomic E-state index is -4.44. The van der Waals surface area contributed by atoms with E-state index < -0.39 is 41.2 Å². The smallest absolute Gasteiger partial charge is 0.294 e. The van der Waals surface area contributed by atoms with Crippen molar-refractivity contribution in [2.45, 2.75) is 74.0 Å². The molecule has 0 unspecified atom stereocenters. The molecular weight excluding hydrogens is 817 g/mol. The average Bonchev–Trinajstić information content (AvgIpc) is 3.47. The monoisotopic (exact) mass is 861 g/mol. The van der Waals surface area contributed by atoms with Crippen LogP contribution in [0.2, 0.25) is 0 Å². The molecule has 2 aliphatic rings. The Morgan fingerprint density at radius 1 is 0.754 bits per heavy atom. The summed E-state index contributed by atoms with van der Waals surface area (Å²) in [7, 11) is -12.7. The molecule has 0 spiro atoms. The SMILES string of the molecule is CC1(C)C(C=C/C=C2/N(CCCCS(=O)(=O)O)c3ccc4cc(SOOO)ccc4c3C2(C)C)=[N+](CCCCS(=O)(=O)O)c2ccc3cc(S(=O)(=O)O)ccc3c21. The second kappa shape index (κ2) is 16.2. The van der Waals surface area contributed by atoms with Gasteiger partial charge < -0.3 is 4.90 Å². The van der Waals surface area contributed by atoms with E-state index in [-0.39, 0.29) is 29.2 Å². The molecule has 2 aliphatic heterocycles. The first-order chi connectivity index (χ1) is 26.6. The second-order valence-corrected chi connectivity index (χ2v) is 20.6. The van der Waals surface area contributed by atoms with Gasteiger partial charge in [-0.15, -0.1) is 4.33 Å². The quantitative estimate of drug-likeness (QED) is 0.0214. The van der Waals surface area contributed by atoms with E-state index in [2.05, 4.69) is 46.5 Å². The lowest BCUT2D eigenvalue weighted by Gasteiger charge is -2.27. The third kappa shape index (κ3) is 9.15. The average molecular weight is 862 g/mol. The lowest BCUT2D eigenvalue weighted by molar-refractivity contribution is -0.438. The summed E-state index contributed by atoms with van der Waals surface area (Å²) in [6, 6.07) is 17.9. The number of rotatable bonds is 16. The Morgan fingerprint density at radius 2 is 1.39 bits per heavy atom. The Morgan fingerprint density at radius 3 is 2.05 bits per heavy atom. The summed E-state index contributed by atoms with van der Waals surface area (Å²) in [6.45, 7) is 9.24. The van der Waals surface area contributed by atoms with Crippen LogP contribution in [0.5, 0.6) is 0 Å². The predicted octanol–water partition coefficient (Wildman–Crippen LogP) is 7.62. The summed E-state index contributed by atoms with van der Waals surface area (Å²) >= 11 is 0.862. The molecule has 0 atom stereocenters. The van der Waals surface area contributed by atoms with Gasteiger partial charge in [0.25, 0.3) is 30.4 Å². The van der Waals surface area contributed by atoms with Crippen LogP contribution in [-0.4, -0.2) is 79.1 Å². The zero-order valence-electron chi connectivity index (χ0n) is 31.7. The fourth-order valence-corrected chi connectivity index (χ4v) is 10.3. The summed E-state index contributed by atoms with van der Waals surface area (Å²) in [4.78, 5) is 2.66. The van der Waals surface area contributed by atoms with Crippen LogP contribution in [0.25, 0.3) is 21.5 Å². The van der Waals surface area contributed by atoms with Crippen LogP contribution < -0.4 is 4.90 Å². The van der Waals surface area contributed by atoms with E-state index in [1.807, 2.05) is 54.6 Å². The summed E-state index contributed by atoms with van der Waals surface area (Å²) in [6.07, 6.45) is 7.41. The molecule has 0 amide bonds. The first kappa shape index (κ1) is 42.9. The van der Waals surface area contributed by atoms with E-state index in [0.29, 0.717) is 36.2 Å². The molecule has 6 rings (SSSR count). The van der Waals surface area contributed by atoms with Crippen molar-refractivity contribution < 1.29 is 58.1 Å². The number of nitrogens with zero attached hydrogens (tertiary/aromatic N) is 2. The fourth-order valence-electron chi connectivity index (χ4n) is 8.23. The summed E-state index contributed by atoms with van der Waals surface area (Å²) < 4.78 is 105. The standard InChI is InChI=1S/C39H44N2O12S4/c1-38(2)34(40(20-5-7-22-55(43,44)45)32-18-12-26-24-28(54-53-52-42)14-16-30(26)36(32)38)10-9-11-35-39(3,4)37-31-17-15-29(57(49,50)51)25-27(31)13-19-33(37)41(35)21-6-8-23-56(46,47)48/h9-19,24-25H,5-8,20-23H2,1-4H3,(H3-,42,43,44,45,46,47,48,49,50,51)/p+1. The summed E-state index contributed by atoms with van der Waals surface area (Å²) in [5.41, 5.74) is 4.46. The predicted molar refractivity (Wildman–Crippen MR) is 220 cm³/mol. The van der Waals surface area contributed by atoms with Crippen molar-refractivity contribution in [3.63, 3.8) is 0 Å². The third-order valence-electron chi connectivity index (χ3n) is 10.7. The highest BCUT2D eigenvalue weighted by molar-refractivity contribution is 7.94. The molecule has 57 heavy (non-hydrogen) atoms. The molecule has 4 aromatic carbocycles. The van der Waals surface area contributed by atoms with Crippen LogP contribution in [-0.2, 0) is 50.6 Å². The molecule has 0 saturated carbocycles. The fraction of sp³-hybridized carbons (Fsp3) is 0.359. The maximum absolute atomic E-state index is 12.0. The Balaban J connectivity index is 1.43. The van der Waals surface area contributed by atoms with Gasteiger partial charge in [0.05, 0.1) is 33.9 Å². The van der Waals surface area contributed by atoms with Crippen LogP contribution in [0.1, 0.15) is 64.5 Å². The third-order valence-corrected chi connectivity index (χ3v) is 13.7. The van der Waals surface area contributed by atoms with Gasteiger partial charge in [-0.1, -0.05) is 43.2 Å². The first-order valence-corrected chi connectivity index (χ1v) is 23.5. The van der Waals surface area contributed by atoms with E-state index >= 15 is 0 Å². The Kier molecular flexibility index (Phi) is 12.2. The molecule has 4 aromatic rings. The lowest BCUT2D eigenvalue weighted by Crippen LogP contribution is -2.28. The van der Waals surface area contributed by atoms with Crippen molar-refractivity contribution in [3.05, 3.63) is 95.7 Å². The number of hydrogen-bond acceptors (Lipinski definition) is 11. The van der Waals surface area contributed by atoms with Crippen molar-refractivity contribution in [2.24, 2.45) is 0 Å². The van der Waals surface area contributed by atoms with Crippen LogP contribution in [0.3, 0.4) is 0 Å². The topological polar surface area (TPSA) is 208 Å². The minimum Gasteiger partial charge on any atom is -0.344 e. The highest BCUT2D eigenvalue weighted by Crippen LogP contribution is 2.51. The van der Waals surface area contributed by atoms with Gasteiger partial charge in [-0.2, -0.15) is 29.8 Å². The zero-order valence-corrected chi connectivity index (χ0v) is 35.0. The van der Waals surface area contributed by atoms with Crippen molar-refractivity contribution in [2.75, 3.05) is 29.5 Å². The number of anilines is 1. The molecule has 18 heteroatoms. The molecule has 0 fully saturated rings. The van der Waals surface area contributed by atoms with Gasteiger partial charge in [0.2, 0.25) is 5.69 Å². The summed E-state index contributed by atoms with van der Waals surface area (Å²) in [5, 5.41) is 15.7. The van der Waals surface area contributed by atoms with Gasteiger partial charge in [0.15, 0.2) is 5.71 Å². The van der Waals surface area contributed by atoms with E-state index in [4.69, 9.17) is 5.26 Å². The van der Waals surface area contributed by atoms with Crippen molar-refractivity contribution in [3.8, 4) is 0 Å². The molecule has 0 bridgehead atoms. The Labute approximate surface area is 336 Å². The molecule has 0 saturated heterocycles. The summed E-state index contributed by atoms with van der Waals surface area (Å²) in [5.74, 6) is -0.729. The van der Waals surface area contributed by atoms with E-state index in [1.54, 1.807) is 12.1 Å². The van der Waals surface area contributed by atoms with Gasteiger partial charge in [0.1, 0.15) is 6.54 Å². The van der Waals surface area contributed by atoms with Crippen LogP contribution in [0.15, 0.2) is 94.4 Å². The van der Waals surface area contributed by atoms with Gasteiger partial charge in [0, 0.05) is 52.4 Å². The molecule has 14 nitrogen and oxygen atoms in total. The van der Waals surface area contributed by atoms with Crippen molar-refractivity contribution in [1.29, 1.82) is 0 Å². The van der Waals surface area contributed by atoms with Crippen molar-refractivity contribution in [1.82, 2.24) is 0 Å². The van der Waals surface area contributed by atoms with Gasteiger partial charge in [-0.3, -0.25) is 13.7 Å². The van der Waals surface area contributed by atoms with E-state index in [1.165, 1.54) is 12.1 Å². The number of fused-ring (bicyclic) bond motifs is 6. The highest BCUT2D eigenvalue weighted by Gasteiger charge is 2.46. The second-order valence-electron chi connectivity index (χ2n) is 15.2. The van der Waals surface area contributed by atoms with Crippen LogP contribution in [0, 0.1) is 0 Å². The zero-order chi connectivity index (χ0) is 41.6. The molecule has 0 aliphatic carbocycles. The lowest BCUT2D eigenvalue weighted by atomic mass is 9.79. The van der Waals surface area contributed by atoms with Gasteiger partial charge >= 0.3 is 0 Å². The number of hydrogen-bond donors (Lipinski definition) is 4.